The zero-order chi connectivity index (χ0) is 16.8. The first-order chi connectivity index (χ1) is 11.7. The first-order valence-corrected chi connectivity index (χ1v) is 8.27. The van der Waals surface area contributed by atoms with E-state index in [0.29, 0.717) is 23.9 Å². The van der Waals surface area contributed by atoms with Crippen LogP contribution in [0.4, 0.5) is 11.4 Å². The zero-order valence-electron chi connectivity index (χ0n) is 13.2. The second-order valence-electron chi connectivity index (χ2n) is 5.47. The van der Waals surface area contributed by atoms with Gasteiger partial charge in [-0.15, -0.1) is 0 Å². The molecule has 1 aliphatic rings. The monoisotopic (exact) mass is 342 g/mol. The van der Waals surface area contributed by atoms with Crippen LogP contribution in [-0.4, -0.2) is 32.2 Å². The van der Waals surface area contributed by atoms with Gasteiger partial charge < -0.3 is 15.0 Å². The van der Waals surface area contributed by atoms with E-state index in [1.807, 2.05) is 48.5 Å². The summed E-state index contributed by atoms with van der Waals surface area (Å²) in [4.78, 5) is 14.4. The summed E-state index contributed by atoms with van der Waals surface area (Å²) in [5, 5.41) is 3.55. The molecule has 1 aliphatic heterocycles. The molecule has 0 saturated carbocycles. The molecule has 3 rings (SSSR count). The molecule has 0 atom stereocenters. The zero-order valence-corrected chi connectivity index (χ0v) is 14.0. The fourth-order valence-corrected chi connectivity index (χ4v) is 2.93. The molecule has 5 heteroatoms. The molecule has 1 saturated heterocycles. The van der Waals surface area contributed by atoms with Crippen LogP contribution in [0.15, 0.2) is 54.6 Å². The van der Waals surface area contributed by atoms with Gasteiger partial charge in [-0.05, 0) is 23.8 Å². The van der Waals surface area contributed by atoms with Crippen LogP contribution in [0, 0.1) is 0 Å². The summed E-state index contributed by atoms with van der Waals surface area (Å²) in [6.07, 6.45) is 3.31. The van der Waals surface area contributed by atoms with Gasteiger partial charge in [-0.2, -0.15) is 0 Å². The van der Waals surface area contributed by atoms with Crippen molar-refractivity contribution in [3.63, 3.8) is 0 Å². The molecule has 1 heterocycles. The summed E-state index contributed by atoms with van der Waals surface area (Å²) in [5.41, 5.74) is 2.54. The van der Waals surface area contributed by atoms with Gasteiger partial charge in [0.25, 0.3) is 0 Å². The summed E-state index contributed by atoms with van der Waals surface area (Å²) in [6, 6.07) is 15.2. The summed E-state index contributed by atoms with van der Waals surface area (Å²) < 4.78 is 5.39. The fraction of sp³-hybridized carbons (Fsp3) is 0.211. The third-order valence-electron chi connectivity index (χ3n) is 3.80. The standard InChI is InChI=1S/C19H19ClN2O2/c20-16-7-4-8-17(19(16)22-11-13-24-14-12-22)21-18(23)10-9-15-5-2-1-3-6-15/h1-10H,11-14H2,(H,21,23). The lowest BCUT2D eigenvalue weighted by molar-refractivity contribution is -0.111. The van der Waals surface area contributed by atoms with Crippen LogP contribution in [0.2, 0.25) is 5.02 Å². The van der Waals surface area contributed by atoms with E-state index in [-0.39, 0.29) is 5.91 Å². The largest absolute Gasteiger partial charge is 0.378 e. The van der Waals surface area contributed by atoms with Crippen LogP contribution in [0.25, 0.3) is 6.08 Å². The molecule has 4 nitrogen and oxygen atoms in total. The molecule has 0 radical (unpaired) electrons. The van der Waals surface area contributed by atoms with Crippen LogP contribution in [-0.2, 0) is 9.53 Å². The number of morpholine rings is 1. The first-order valence-electron chi connectivity index (χ1n) is 7.89. The van der Waals surface area contributed by atoms with Gasteiger partial charge in [0.05, 0.1) is 29.6 Å². The van der Waals surface area contributed by atoms with Crippen molar-refractivity contribution in [2.45, 2.75) is 0 Å². The van der Waals surface area contributed by atoms with Crippen molar-refractivity contribution >= 4 is 35.0 Å². The highest BCUT2D eigenvalue weighted by molar-refractivity contribution is 6.34. The highest BCUT2D eigenvalue weighted by Gasteiger charge is 2.18. The Kier molecular flexibility index (Phi) is 5.51. The van der Waals surface area contributed by atoms with Crippen molar-refractivity contribution in [2.75, 3.05) is 36.5 Å². The molecule has 0 spiro atoms. The van der Waals surface area contributed by atoms with E-state index in [0.717, 1.165) is 24.3 Å². The lowest BCUT2D eigenvalue weighted by Crippen LogP contribution is -2.37. The smallest absolute Gasteiger partial charge is 0.248 e. The average Bonchev–Trinajstić information content (AvgIpc) is 2.62. The topological polar surface area (TPSA) is 41.6 Å². The number of nitrogens with zero attached hydrogens (tertiary/aromatic N) is 1. The lowest BCUT2D eigenvalue weighted by Gasteiger charge is -2.31. The maximum Gasteiger partial charge on any atom is 0.248 e. The highest BCUT2D eigenvalue weighted by Crippen LogP contribution is 2.34. The quantitative estimate of drug-likeness (QED) is 0.859. The molecule has 124 valence electrons. The van der Waals surface area contributed by atoms with Crippen LogP contribution >= 0.6 is 11.6 Å². The number of halogens is 1. The summed E-state index contributed by atoms with van der Waals surface area (Å²) in [7, 11) is 0. The molecule has 24 heavy (non-hydrogen) atoms. The maximum absolute atomic E-state index is 12.2. The van der Waals surface area contributed by atoms with E-state index >= 15 is 0 Å². The number of carbonyl (C=O) groups excluding carboxylic acids is 1. The number of amides is 1. The minimum atomic E-state index is -0.185. The van der Waals surface area contributed by atoms with Crippen molar-refractivity contribution in [1.29, 1.82) is 0 Å². The molecule has 0 aromatic heterocycles. The number of anilines is 2. The number of hydrogen-bond donors (Lipinski definition) is 1. The molecule has 2 aromatic carbocycles. The minimum absolute atomic E-state index is 0.185. The van der Waals surface area contributed by atoms with E-state index in [1.165, 1.54) is 6.08 Å². The Bertz CT molecular complexity index is 725. The van der Waals surface area contributed by atoms with Crippen molar-refractivity contribution in [1.82, 2.24) is 0 Å². The van der Waals surface area contributed by atoms with Gasteiger partial charge in [0.15, 0.2) is 0 Å². The highest BCUT2D eigenvalue weighted by atomic mass is 35.5. The van der Waals surface area contributed by atoms with Gasteiger partial charge in [0.2, 0.25) is 5.91 Å². The number of hydrogen-bond acceptors (Lipinski definition) is 3. The van der Waals surface area contributed by atoms with Crippen molar-refractivity contribution < 1.29 is 9.53 Å². The van der Waals surface area contributed by atoms with Gasteiger partial charge in [0.1, 0.15) is 0 Å². The molecular formula is C19H19ClN2O2. The van der Waals surface area contributed by atoms with E-state index in [9.17, 15) is 4.79 Å². The molecule has 0 unspecified atom stereocenters. The molecule has 1 N–H and O–H groups in total. The molecule has 0 bridgehead atoms. The van der Waals surface area contributed by atoms with Crippen molar-refractivity contribution in [2.24, 2.45) is 0 Å². The summed E-state index contributed by atoms with van der Waals surface area (Å²) in [6.45, 7) is 2.83. The SMILES string of the molecule is O=C(C=Cc1ccccc1)Nc1cccc(Cl)c1N1CCOCC1. The van der Waals surface area contributed by atoms with Gasteiger partial charge in [-0.1, -0.05) is 48.0 Å². The van der Waals surface area contributed by atoms with Crippen LogP contribution in [0.5, 0.6) is 0 Å². The number of nitrogens with one attached hydrogen (secondary N) is 1. The lowest BCUT2D eigenvalue weighted by atomic mass is 10.2. The number of carbonyl (C=O) groups is 1. The number of ether oxygens (including phenoxy) is 1. The molecule has 2 aromatic rings. The van der Waals surface area contributed by atoms with Crippen molar-refractivity contribution in [3.05, 3.63) is 65.2 Å². The molecular weight excluding hydrogens is 324 g/mol. The Balaban J connectivity index is 1.76. The summed E-state index contributed by atoms with van der Waals surface area (Å²) >= 11 is 6.37. The summed E-state index contributed by atoms with van der Waals surface area (Å²) in [5.74, 6) is -0.185. The van der Waals surface area contributed by atoms with Gasteiger partial charge in [-0.25, -0.2) is 0 Å². The van der Waals surface area contributed by atoms with Gasteiger partial charge in [0, 0.05) is 19.2 Å². The predicted octanol–water partition coefficient (Wildman–Crippen LogP) is 3.83. The third-order valence-corrected chi connectivity index (χ3v) is 4.10. The van der Waals surface area contributed by atoms with Gasteiger partial charge in [-0.3, -0.25) is 4.79 Å². The van der Waals surface area contributed by atoms with Gasteiger partial charge >= 0.3 is 0 Å². The van der Waals surface area contributed by atoms with E-state index < -0.39 is 0 Å². The van der Waals surface area contributed by atoms with Crippen LogP contribution < -0.4 is 10.2 Å². The third kappa shape index (κ3) is 4.16. The number of rotatable bonds is 4. The Morgan fingerprint density at radius 1 is 1.08 bits per heavy atom. The maximum atomic E-state index is 12.2. The number of para-hydroxylation sites is 1. The van der Waals surface area contributed by atoms with E-state index in [2.05, 4.69) is 10.2 Å². The molecule has 1 fully saturated rings. The Labute approximate surface area is 146 Å². The normalized spacial score (nSPS) is 14.8. The molecule has 0 aliphatic carbocycles. The Hall–Kier alpha value is -2.30. The number of benzene rings is 2. The second-order valence-corrected chi connectivity index (χ2v) is 5.88. The van der Waals surface area contributed by atoms with Crippen LogP contribution in [0.3, 0.4) is 0 Å². The van der Waals surface area contributed by atoms with E-state index in [4.69, 9.17) is 16.3 Å². The fourth-order valence-electron chi connectivity index (χ4n) is 2.64. The first kappa shape index (κ1) is 16.6. The van der Waals surface area contributed by atoms with Crippen LogP contribution in [0.1, 0.15) is 5.56 Å². The average molecular weight is 343 g/mol. The minimum Gasteiger partial charge on any atom is -0.378 e. The molecule has 1 amide bonds. The predicted molar refractivity (Wildman–Crippen MR) is 98.6 cm³/mol. The Morgan fingerprint density at radius 3 is 2.58 bits per heavy atom. The Morgan fingerprint density at radius 2 is 1.83 bits per heavy atom. The van der Waals surface area contributed by atoms with Crippen molar-refractivity contribution in [3.8, 4) is 0 Å². The second kappa shape index (κ2) is 7.99. The van der Waals surface area contributed by atoms with E-state index in [1.54, 1.807) is 6.08 Å².